The third-order valence-electron chi connectivity index (χ3n) is 2.45. The highest BCUT2D eigenvalue weighted by atomic mass is 19.1. The quantitative estimate of drug-likeness (QED) is 0.761. The Morgan fingerprint density at radius 1 is 1.40 bits per heavy atom. The predicted octanol–water partition coefficient (Wildman–Crippen LogP) is 1.98. The molecule has 1 aliphatic heterocycles. The summed E-state index contributed by atoms with van der Waals surface area (Å²) in [5.41, 5.74) is 0.981. The molecule has 0 aliphatic carbocycles. The van der Waals surface area contributed by atoms with Crippen LogP contribution in [0.1, 0.15) is 5.56 Å². The zero-order valence-corrected chi connectivity index (χ0v) is 8.23. The van der Waals surface area contributed by atoms with Gasteiger partial charge in [-0.25, -0.2) is 9.18 Å². The van der Waals surface area contributed by atoms with Crippen molar-refractivity contribution >= 4 is 6.09 Å². The molecule has 1 aromatic carbocycles. The van der Waals surface area contributed by atoms with Crippen molar-refractivity contribution in [2.24, 2.45) is 0 Å². The number of hydrogen-bond acceptors (Lipinski definition) is 2. The molecule has 1 fully saturated rings. The molecule has 0 saturated carbocycles. The van der Waals surface area contributed by atoms with E-state index in [1.54, 1.807) is 0 Å². The fourth-order valence-electron chi connectivity index (χ4n) is 1.59. The molecule has 1 amide bonds. The SMILES string of the molecule is O=C1OCC(CF)N1Cc1ccccc1. The summed E-state index contributed by atoms with van der Waals surface area (Å²) in [7, 11) is 0. The van der Waals surface area contributed by atoms with Gasteiger partial charge in [0.2, 0.25) is 0 Å². The summed E-state index contributed by atoms with van der Waals surface area (Å²) in [6.07, 6.45) is -0.429. The summed E-state index contributed by atoms with van der Waals surface area (Å²) in [5, 5.41) is 0. The van der Waals surface area contributed by atoms with Crippen LogP contribution in [0.25, 0.3) is 0 Å². The Balaban J connectivity index is 2.07. The normalized spacial score (nSPS) is 20.5. The molecule has 1 heterocycles. The first-order valence-electron chi connectivity index (χ1n) is 4.84. The number of benzene rings is 1. The van der Waals surface area contributed by atoms with Crippen LogP contribution in [0.2, 0.25) is 0 Å². The summed E-state index contributed by atoms with van der Waals surface area (Å²) in [5.74, 6) is 0. The van der Waals surface area contributed by atoms with Gasteiger partial charge < -0.3 is 4.74 Å². The standard InChI is InChI=1S/C11H12FNO2/c12-6-10-8-15-11(14)13(10)7-9-4-2-1-3-5-9/h1-5,10H,6-8H2. The van der Waals surface area contributed by atoms with Crippen LogP contribution in [0.3, 0.4) is 0 Å². The van der Waals surface area contributed by atoms with Crippen molar-refractivity contribution in [1.29, 1.82) is 0 Å². The maximum absolute atomic E-state index is 12.6. The Hall–Kier alpha value is -1.58. The number of carbonyl (C=O) groups excluding carboxylic acids is 1. The molecule has 1 aliphatic rings. The van der Waals surface area contributed by atoms with E-state index in [1.807, 2.05) is 30.3 Å². The number of alkyl halides is 1. The molecular formula is C11H12FNO2. The van der Waals surface area contributed by atoms with Gasteiger partial charge in [0, 0.05) is 6.54 Å². The van der Waals surface area contributed by atoms with Gasteiger partial charge in [0.25, 0.3) is 0 Å². The van der Waals surface area contributed by atoms with Gasteiger partial charge in [-0.1, -0.05) is 30.3 Å². The zero-order valence-electron chi connectivity index (χ0n) is 8.23. The molecule has 0 aromatic heterocycles. The molecule has 2 rings (SSSR count). The molecule has 3 nitrogen and oxygen atoms in total. The van der Waals surface area contributed by atoms with Gasteiger partial charge in [0.05, 0.1) is 6.04 Å². The second-order valence-corrected chi connectivity index (χ2v) is 3.50. The Morgan fingerprint density at radius 3 is 2.80 bits per heavy atom. The fourth-order valence-corrected chi connectivity index (χ4v) is 1.59. The molecule has 1 atom stereocenters. The first-order valence-corrected chi connectivity index (χ1v) is 4.84. The average Bonchev–Trinajstić information content (AvgIpc) is 2.62. The van der Waals surface area contributed by atoms with E-state index < -0.39 is 18.8 Å². The smallest absolute Gasteiger partial charge is 0.410 e. The van der Waals surface area contributed by atoms with E-state index in [9.17, 15) is 9.18 Å². The van der Waals surface area contributed by atoms with Crippen LogP contribution in [-0.4, -0.2) is 30.3 Å². The Morgan fingerprint density at radius 2 is 2.13 bits per heavy atom. The van der Waals surface area contributed by atoms with Gasteiger partial charge in [-0.15, -0.1) is 0 Å². The molecule has 0 N–H and O–H groups in total. The molecule has 1 saturated heterocycles. The number of carbonyl (C=O) groups is 1. The predicted molar refractivity (Wildman–Crippen MR) is 53.1 cm³/mol. The maximum Gasteiger partial charge on any atom is 0.410 e. The maximum atomic E-state index is 12.6. The molecule has 80 valence electrons. The summed E-state index contributed by atoms with van der Waals surface area (Å²) in [4.78, 5) is 12.7. The van der Waals surface area contributed by atoms with Crippen molar-refractivity contribution in [3.8, 4) is 0 Å². The van der Waals surface area contributed by atoms with Gasteiger partial charge in [-0.05, 0) is 5.56 Å². The first kappa shape index (κ1) is 9.96. The number of ether oxygens (including phenoxy) is 1. The summed E-state index contributed by atoms with van der Waals surface area (Å²) < 4.78 is 17.3. The van der Waals surface area contributed by atoms with Crippen LogP contribution in [0.4, 0.5) is 9.18 Å². The molecule has 1 aromatic rings. The van der Waals surface area contributed by atoms with Gasteiger partial charge in [-0.3, -0.25) is 4.90 Å². The number of hydrogen-bond donors (Lipinski definition) is 0. The molecule has 15 heavy (non-hydrogen) atoms. The number of nitrogens with zero attached hydrogens (tertiary/aromatic N) is 1. The van der Waals surface area contributed by atoms with Crippen molar-refractivity contribution in [2.75, 3.05) is 13.3 Å². The molecule has 4 heteroatoms. The van der Waals surface area contributed by atoms with Crippen LogP contribution in [0, 0.1) is 0 Å². The summed E-state index contributed by atoms with van der Waals surface area (Å²) >= 11 is 0. The lowest BCUT2D eigenvalue weighted by molar-refractivity contribution is 0.155. The Bertz CT molecular complexity index is 342. The first-order chi connectivity index (χ1) is 7.31. The lowest BCUT2D eigenvalue weighted by Crippen LogP contribution is -2.34. The monoisotopic (exact) mass is 209 g/mol. The summed E-state index contributed by atoms with van der Waals surface area (Å²) in [6.45, 7) is 0.00893. The van der Waals surface area contributed by atoms with Crippen LogP contribution in [-0.2, 0) is 11.3 Å². The van der Waals surface area contributed by atoms with E-state index in [4.69, 9.17) is 4.74 Å². The van der Waals surface area contributed by atoms with Crippen molar-refractivity contribution in [2.45, 2.75) is 12.6 Å². The van der Waals surface area contributed by atoms with Gasteiger partial charge in [0.15, 0.2) is 0 Å². The van der Waals surface area contributed by atoms with Crippen molar-refractivity contribution < 1.29 is 13.9 Å². The molecule has 1 unspecified atom stereocenters. The number of halogens is 1. The number of rotatable bonds is 3. The lowest BCUT2D eigenvalue weighted by atomic mass is 10.2. The second kappa shape index (κ2) is 4.29. The fraction of sp³-hybridized carbons (Fsp3) is 0.364. The van der Waals surface area contributed by atoms with Crippen molar-refractivity contribution in [3.05, 3.63) is 35.9 Å². The van der Waals surface area contributed by atoms with Crippen molar-refractivity contribution in [1.82, 2.24) is 4.90 Å². The minimum Gasteiger partial charge on any atom is -0.447 e. The van der Waals surface area contributed by atoms with E-state index in [0.29, 0.717) is 6.54 Å². The highest BCUT2D eigenvalue weighted by molar-refractivity contribution is 5.70. The molecule has 0 spiro atoms. The van der Waals surface area contributed by atoms with Crippen molar-refractivity contribution in [3.63, 3.8) is 0 Å². The van der Waals surface area contributed by atoms with Crippen LogP contribution in [0.5, 0.6) is 0 Å². The van der Waals surface area contributed by atoms with Gasteiger partial charge in [-0.2, -0.15) is 0 Å². The Labute approximate surface area is 87.5 Å². The highest BCUT2D eigenvalue weighted by Gasteiger charge is 2.32. The zero-order chi connectivity index (χ0) is 10.7. The molecule has 0 bridgehead atoms. The third kappa shape index (κ3) is 2.09. The van der Waals surface area contributed by atoms with E-state index in [0.717, 1.165) is 5.56 Å². The highest BCUT2D eigenvalue weighted by Crippen LogP contribution is 2.16. The van der Waals surface area contributed by atoms with Crippen LogP contribution >= 0.6 is 0 Å². The lowest BCUT2D eigenvalue weighted by Gasteiger charge is -2.18. The average molecular weight is 209 g/mol. The summed E-state index contributed by atoms with van der Waals surface area (Å²) in [6, 6.07) is 9.06. The van der Waals surface area contributed by atoms with Gasteiger partial charge >= 0.3 is 6.09 Å². The van der Waals surface area contributed by atoms with E-state index in [1.165, 1.54) is 4.90 Å². The minimum absolute atomic E-state index is 0.155. The molecular weight excluding hydrogens is 197 g/mol. The second-order valence-electron chi connectivity index (χ2n) is 3.50. The van der Waals surface area contributed by atoms with E-state index >= 15 is 0 Å². The third-order valence-corrected chi connectivity index (χ3v) is 2.45. The minimum atomic E-state index is -0.557. The van der Waals surface area contributed by atoms with Crippen LogP contribution < -0.4 is 0 Å². The van der Waals surface area contributed by atoms with Crippen LogP contribution in [0.15, 0.2) is 30.3 Å². The Kier molecular flexibility index (Phi) is 2.85. The molecule has 0 radical (unpaired) electrons. The van der Waals surface area contributed by atoms with E-state index in [2.05, 4.69) is 0 Å². The topological polar surface area (TPSA) is 29.5 Å². The number of amides is 1. The van der Waals surface area contributed by atoms with Gasteiger partial charge in [0.1, 0.15) is 13.3 Å². The number of cyclic esters (lactones) is 1. The van der Waals surface area contributed by atoms with E-state index in [-0.39, 0.29) is 6.61 Å². The largest absolute Gasteiger partial charge is 0.447 e.